The SMILES string of the molecule is C=C(C=C1/C(=C\C)C2(c3ccccc31)c1ccccc1-c1ccccc12)c1ccc(N(c2ccc3ccccc3c2)c2ccc3c4ccccc4n(-c4ccccc4)c3c2)cc1. The summed E-state index contributed by atoms with van der Waals surface area (Å²) in [7, 11) is 0. The molecular formula is C60H42N2. The van der Waals surface area contributed by atoms with E-state index in [-0.39, 0.29) is 5.41 Å². The van der Waals surface area contributed by atoms with Gasteiger partial charge in [-0.3, -0.25) is 0 Å². The molecule has 62 heavy (non-hydrogen) atoms. The second-order valence-corrected chi connectivity index (χ2v) is 16.5. The molecule has 0 unspecified atom stereocenters. The van der Waals surface area contributed by atoms with E-state index in [1.165, 1.54) is 77.1 Å². The van der Waals surface area contributed by atoms with Crippen molar-refractivity contribution in [3.8, 4) is 16.8 Å². The lowest BCUT2D eigenvalue weighted by Gasteiger charge is -2.30. The Balaban J connectivity index is 0.979. The molecule has 0 N–H and O–H groups in total. The summed E-state index contributed by atoms with van der Waals surface area (Å²) < 4.78 is 2.39. The van der Waals surface area contributed by atoms with Gasteiger partial charge < -0.3 is 9.47 Å². The van der Waals surface area contributed by atoms with Crippen LogP contribution in [0.4, 0.5) is 17.1 Å². The van der Waals surface area contributed by atoms with E-state index in [0.717, 1.165) is 33.9 Å². The maximum atomic E-state index is 4.73. The van der Waals surface area contributed by atoms with Crippen molar-refractivity contribution in [3.63, 3.8) is 0 Å². The molecule has 2 heteroatoms. The van der Waals surface area contributed by atoms with Crippen LogP contribution in [0.1, 0.15) is 34.7 Å². The van der Waals surface area contributed by atoms with Gasteiger partial charge in [0.05, 0.1) is 16.4 Å². The van der Waals surface area contributed by atoms with Gasteiger partial charge in [0.25, 0.3) is 0 Å². The first kappa shape index (κ1) is 36.0. The van der Waals surface area contributed by atoms with Crippen LogP contribution in [0.15, 0.2) is 237 Å². The molecule has 0 aliphatic heterocycles. The van der Waals surface area contributed by atoms with Gasteiger partial charge in [-0.1, -0.05) is 170 Å². The van der Waals surface area contributed by atoms with Gasteiger partial charge in [-0.05, 0) is 134 Å². The molecule has 2 aliphatic carbocycles. The summed E-state index contributed by atoms with van der Waals surface area (Å²) in [5, 5.41) is 4.89. The fourth-order valence-electron chi connectivity index (χ4n) is 10.7. The fourth-order valence-corrected chi connectivity index (χ4v) is 10.7. The van der Waals surface area contributed by atoms with Crippen molar-refractivity contribution < 1.29 is 0 Å². The zero-order valence-corrected chi connectivity index (χ0v) is 34.5. The number of anilines is 3. The molecule has 0 atom stereocenters. The number of hydrogen-bond acceptors (Lipinski definition) is 1. The van der Waals surface area contributed by atoms with Gasteiger partial charge in [0.2, 0.25) is 0 Å². The molecule has 0 saturated heterocycles. The molecule has 10 aromatic rings. The van der Waals surface area contributed by atoms with Crippen LogP contribution in [0.25, 0.3) is 60.5 Å². The van der Waals surface area contributed by atoms with Crippen LogP contribution in [0.3, 0.4) is 0 Å². The van der Waals surface area contributed by atoms with Crippen molar-refractivity contribution in [2.45, 2.75) is 12.3 Å². The maximum Gasteiger partial charge on any atom is 0.0722 e. The lowest BCUT2D eigenvalue weighted by Crippen LogP contribution is -2.25. The predicted molar refractivity (Wildman–Crippen MR) is 262 cm³/mol. The third kappa shape index (κ3) is 5.23. The summed E-state index contributed by atoms with van der Waals surface area (Å²) >= 11 is 0. The van der Waals surface area contributed by atoms with E-state index in [2.05, 4.69) is 241 Å². The van der Waals surface area contributed by atoms with Crippen molar-refractivity contribution in [3.05, 3.63) is 264 Å². The highest BCUT2D eigenvalue weighted by Gasteiger charge is 2.52. The Morgan fingerprint density at radius 1 is 0.484 bits per heavy atom. The lowest BCUT2D eigenvalue weighted by atomic mass is 9.70. The molecule has 0 saturated carbocycles. The highest BCUT2D eigenvalue weighted by molar-refractivity contribution is 6.10. The molecule has 9 aromatic carbocycles. The van der Waals surface area contributed by atoms with Crippen LogP contribution in [0.5, 0.6) is 0 Å². The van der Waals surface area contributed by atoms with Gasteiger partial charge in [-0.2, -0.15) is 0 Å². The highest BCUT2D eigenvalue weighted by Crippen LogP contribution is 2.63. The Kier molecular flexibility index (Phi) is 8.17. The lowest BCUT2D eigenvalue weighted by molar-refractivity contribution is 0.793. The standard InChI is InChI=1S/C60H42N2/c1-3-54-53(50-23-11-15-27-57(50)60(54)55-25-13-9-21-48(55)49-22-10-14-26-56(49)60)37-40(2)41-29-32-45(33-30-41)61(46-34-31-42-17-7-8-18-43(42)38-46)47-35-36-52-51-24-12-16-28-58(51)62(59(52)39-47)44-19-5-4-6-20-44/h3-39H,2H2,1H3/b53-37?,54-3+. The molecule has 0 amide bonds. The summed E-state index contributed by atoms with van der Waals surface area (Å²) in [6.45, 7) is 6.92. The summed E-state index contributed by atoms with van der Waals surface area (Å²) in [5.41, 5.74) is 18.9. The third-order valence-corrected chi connectivity index (χ3v) is 13.3. The Labute approximate surface area is 362 Å². The van der Waals surface area contributed by atoms with E-state index in [1.807, 2.05) is 0 Å². The largest absolute Gasteiger partial charge is 0.310 e. The van der Waals surface area contributed by atoms with Crippen LogP contribution in [-0.4, -0.2) is 4.57 Å². The van der Waals surface area contributed by atoms with Crippen molar-refractivity contribution in [2.24, 2.45) is 0 Å². The number of para-hydroxylation sites is 2. The van der Waals surface area contributed by atoms with Crippen LogP contribution in [0.2, 0.25) is 0 Å². The van der Waals surface area contributed by atoms with Crippen molar-refractivity contribution >= 4 is 60.8 Å². The number of hydrogen-bond donors (Lipinski definition) is 0. The van der Waals surface area contributed by atoms with Gasteiger partial charge in [0.1, 0.15) is 0 Å². The summed E-state index contributed by atoms with van der Waals surface area (Å²) in [5.74, 6) is 0. The average Bonchev–Trinajstić information content (AvgIpc) is 3.93. The molecule has 2 nitrogen and oxygen atoms in total. The van der Waals surface area contributed by atoms with Crippen LogP contribution in [-0.2, 0) is 5.41 Å². The molecule has 0 radical (unpaired) electrons. The zero-order valence-electron chi connectivity index (χ0n) is 34.5. The minimum Gasteiger partial charge on any atom is -0.310 e. The van der Waals surface area contributed by atoms with E-state index in [9.17, 15) is 0 Å². The maximum absolute atomic E-state index is 4.73. The van der Waals surface area contributed by atoms with Gasteiger partial charge >= 0.3 is 0 Å². The van der Waals surface area contributed by atoms with Gasteiger partial charge in [-0.25, -0.2) is 0 Å². The van der Waals surface area contributed by atoms with Crippen LogP contribution < -0.4 is 4.90 Å². The number of nitrogens with zero attached hydrogens (tertiary/aromatic N) is 2. The van der Waals surface area contributed by atoms with E-state index >= 15 is 0 Å². The monoisotopic (exact) mass is 790 g/mol. The number of rotatable bonds is 6. The minimum atomic E-state index is -0.387. The normalized spacial score (nSPS) is 14.8. The van der Waals surface area contributed by atoms with E-state index in [4.69, 9.17) is 6.58 Å². The summed E-state index contributed by atoms with van der Waals surface area (Å²) in [4.78, 5) is 2.38. The molecule has 292 valence electrons. The van der Waals surface area contributed by atoms with Gasteiger partial charge in [0, 0.05) is 33.5 Å². The number of fused-ring (bicyclic) bond motifs is 11. The first-order valence-corrected chi connectivity index (χ1v) is 21.5. The predicted octanol–water partition coefficient (Wildman–Crippen LogP) is 15.8. The topological polar surface area (TPSA) is 8.17 Å². The van der Waals surface area contributed by atoms with E-state index in [0.29, 0.717) is 0 Å². The number of benzene rings is 9. The summed E-state index contributed by atoms with van der Waals surface area (Å²) in [6, 6.07) is 77.5. The Bertz CT molecular complexity index is 3440. The van der Waals surface area contributed by atoms with Crippen molar-refractivity contribution in [2.75, 3.05) is 4.90 Å². The second-order valence-electron chi connectivity index (χ2n) is 16.5. The highest BCUT2D eigenvalue weighted by atomic mass is 15.1. The zero-order chi connectivity index (χ0) is 41.4. The molecular weight excluding hydrogens is 749 g/mol. The smallest absolute Gasteiger partial charge is 0.0722 e. The van der Waals surface area contributed by atoms with Crippen molar-refractivity contribution in [1.82, 2.24) is 4.57 Å². The fraction of sp³-hybridized carbons (Fsp3) is 0.0333. The first-order valence-electron chi connectivity index (χ1n) is 21.5. The Morgan fingerprint density at radius 2 is 1.03 bits per heavy atom. The van der Waals surface area contributed by atoms with E-state index in [1.54, 1.807) is 0 Å². The van der Waals surface area contributed by atoms with Gasteiger partial charge in [0.15, 0.2) is 0 Å². The Morgan fingerprint density at radius 3 is 1.76 bits per heavy atom. The quantitative estimate of drug-likeness (QED) is 0.163. The average molecular weight is 791 g/mol. The van der Waals surface area contributed by atoms with Crippen molar-refractivity contribution in [1.29, 1.82) is 0 Å². The minimum absolute atomic E-state index is 0.387. The molecule has 1 heterocycles. The second kappa shape index (κ2) is 14.1. The molecule has 0 fully saturated rings. The Hall–Kier alpha value is -7.94. The molecule has 1 spiro atoms. The van der Waals surface area contributed by atoms with Crippen LogP contribution >= 0.6 is 0 Å². The van der Waals surface area contributed by atoms with Crippen LogP contribution in [0, 0.1) is 0 Å². The third-order valence-electron chi connectivity index (χ3n) is 13.3. The summed E-state index contributed by atoms with van der Waals surface area (Å²) in [6.07, 6.45) is 4.65. The van der Waals surface area contributed by atoms with E-state index < -0.39 is 0 Å². The molecule has 1 aromatic heterocycles. The number of aromatic nitrogens is 1. The first-order chi connectivity index (χ1) is 30.6. The molecule has 2 aliphatic rings. The number of allylic oxidation sites excluding steroid dienone is 5. The molecule has 12 rings (SSSR count). The van der Waals surface area contributed by atoms with Gasteiger partial charge in [-0.15, -0.1) is 0 Å². The molecule has 0 bridgehead atoms.